The molecule has 110 valence electrons. The molecule has 0 saturated carbocycles. The van der Waals surface area contributed by atoms with Crippen molar-refractivity contribution in [3.8, 4) is 0 Å². The van der Waals surface area contributed by atoms with E-state index in [1.807, 2.05) is 11.8 Å². The van der Waals surface area contributed by atoms with Gasteiger partial charge in [0.25, 0.3) is 0 Å². The minimum Gasteiger partial charge on any atom is -0.371 e. The predicted molar refractivity (Wildman–Crippen MR) is 77.4 cm³/mol. The molecule has 0 N–H and O–H groups in total. The third kappa shape index (κ3) is 4.08. The summed E-state index contributed by atoms with van der Waals surface area (Å²) < 4.78 is 26.0. The summed E-state index contributed by atoms with van der Waals surface area (Å²) in [5.41, 5.74) is 0.976. The van der Waals surface area contributed by atoms with E-state index in [0.717, 1.165) is 11.9 Å². The molecule has 1 heterocycles. The zero-order chi connectivity index (χ0) is 15.2. The molecule has 2 rings (SSSR count). The molecule has 1 aromatic heterocycles. The van der Waals surface area contributed by atoms with Crippen LogP contribution >= 0.6 is 0 Å². The molecule has 0 radical (unpaired) electrons. The number of nitrogens with zero attached hydrogens (tertiary/aromatic N) is 2. The number of anilines is 1. The number of aromatic nitrogens is 1. The predicted octanol–water partition coefficient (Wildman–Crippen LogP) is 3.46. The molecular formula is C16H16F2N2O. The maximum absolute atomic E-state index is 13.2. The van der Waals surface area contributed by atoms with Crippen LogP contribution in [0.3, 0.4) is 0 Å². The van der Waals surface area contributed by atoms with Crippen molar-refractivity contribution >= 4 is 11.5 Å². The lowest BCUT2D eigenvalue weighted by Crippen LogP contribution is -2.26. The molecular weight excluding hydrogens is 274 g/mol. The molecule has 0 aliphatic carbocycles. The highest BCUT2D eigenvalue weighted by Gasteiger charge is 2.11. The van der Waals surface area contributed by atoms with Crippen LogP contribution in [0.4, 0.5) is 14.5 Å². The average Bonchev–Trinajstić information content (AvgIpc) is 2.48. The normalized spacial score (nSPS) is 10.4. The van der Waals surface area contributed by atoms with Gasteiger partial charge in [0, 0.05) is 25.2 Å². The standard InChI is InChI=1S/C16H16F2N2O/c1-2-20(14-5-3-4-12(17)10-14)9-8-16(21)15-7-6-13(18)11-19-15/h3-7,10-11H,2,8-9H2,1H3. The number of carbonyl (C=O) groups excluding carboxylic acids is 1. The summed E-state index contributed by atoms with van der Waals surface area (Å²) in [5.74, 6) is -0.941. The smallest absolute Gasteiger partial charge is 0.182 e. The quantitative estimate of drug-likeness (QED) is 0.764. The van der Waals surface area contributed by atoms with Crippen molar-refractivity contribution in [2.75, 3.05) is 18.0 Å². The molecule has 2 aromatic rings. The van der Waals surface area contributed by atoms with Crippen LogP contribution < -0.4 is 4.90 Å². The fraction of sp³-hybridized carbons (Fsp3) is 0.250. The van der Waals surface area contributed by atoms with Crippen molar-refractivity contribution in [1.29, 1.82) is 0 Å². The Labute approximate surface area is 122 Å². The van der Waals surface area contributed by atoms with Crippen LogP contribution in [0.2, 0.25) is 0 Å². The second kappa shape index (κ2) is 6.92. The van der Waals surface area contributed by atoms with Crippen LogP contribution in [0.15, 0.2) is 42.6 Å². The highest BCUT2D eigenvalue weighted by molar-refractivity contribution is 5.94. The summed E-state index contributed by atoms with van der Waals surface area (Å²) in [5, 5.41) is 0. The van der Waals surface area contributed by atoms with Crippen LogP contribution in [0, 0.1) is 11.6 Å². The van der Waals surface area contributed by atoms with E-state index in [0.29, 0.717) is 13.1 Å². The van der Waals surface area contributed by atoms with Gasteiger partial charge in [0.05, 0.1) is 6.20 Å². The van der Waals surface area contributed by atoms with E-state index >= 15 is 0 Å². The highest BCUT2D eigenvalue weighted by atomic mass is 19.1. The van der Waals surface area contributed by atoms with E-state index in [4.69, 9.17) is 0 Å². The number of carbonyl (C=O) groups is 1. The first-order valence-corrected chi connectivity index (χ1v) is 6.75. The molecule has 0 spiro atoms. The minimum atomic E-state index is -0.471. The molecule has 0 unspecified atom stereocenters. The number of benzene rings is 1. The molecule has 0 atom stereocenters. The van der Waals surface area contributed by atoms with Crippen molar-refractivity contribution in [3.63, 3.8) is 0 Å². The lowest BCUT2D eigenvalue weighted by molar-refractivity contribution is 0.0980. The molecule has 21 heavy (non-hydrogen) atoms. The van der Waals surface area contributed by atoms with Gasteiger partial charge in [0.2, 0.25) is 0 Å². The molecule has 0 saturated heterocycles. The SMILES string of the molecule is CCN(CCC(=O)c1ccc(F)cn1)c1cccc(F)c1. The van der Waals surface area contributed by atoms with Gasteiger partial charge in [0.1, 0.15) is 17.3 Å². The van der Waals surface area contributed by atoms with Crippen molar-refractivity contribution in [2.45, 2.75) is 13.3 Å². The molecule has 0 aliphatic rings. The molecule has 5 heteroatoms. The van der Waals surface area contributed by atoms with Gasteiger partial charge in [0.15, 0.2) is 5.78 Å². The summed E-state index contributed by atoms with van der Waals surface area (Å²) in [6, 6.07) is 8.83. The Morgan fingerprint density at radius 1 is 1.19 bits per heavy atom. The van der Waals surface area contributed by atoms with Gasteiger partial charge in [-0.2, -0.15) is 0 Å². The Kier molecular flexibility index (Phi) is 4.98. The zero-order valence-electron chi connectivity index (χ0n) is 11.7. The number of hydrogen-bond acceptors (Lipinski definition) is 3. The number of halogens is 2. The van der Waals surface area contributed by atoms with Crippen LogP contribution in [0.5, 0.6) is 0 Å². The number of hydrogen-bond donors (Lipinski definition) is 0. The van der Waals surface area contributed by atoms with Crippen LogP contribution in [0.1, 0.15) is 23.8 Å². The van der Waals surface area contributed by atoms with Crippen LogP contribution in [-0.4, -0.2) is 23.9 Å². The second-order valence-electron chi connectivity index (χ2n) is 4.59. The van der Waals surface area contributed by atoms with Gasteiger partial charge >= 0.3 is 0 Å². The largest absolute Gasteiger partial charge is 0.371 e. The lowest BCUT2D eigenvalue weighted by atomic mass is 10.1. The van der Waals surface area contributed by atoms with Crippen LogP contribution in [-0.2, 0) is 0 Å². The molecule has 0 aliphatic heterocycles. The molecule has 3 nitrogen and oxygen atoms in total. The van der Waals surface area contributed by atoms with Crippen LogP contribution in [0.25, 0.3) is 0 Å². The summed E-state index contributed by atoms with van der Waals surface area (Å²) in [7, 11) is 0. The Morgan fingerprint density at radius 3 is 2.62 bits per heavy atom. The van der Waals surface area contributed by atoms with Gasteiger partial charge < -0.3 is 4.90 Å². The monoisotopic (exact) mass is 290 g/mol. The maximum Gasteiger partial charge on any atom is 0.182 e. The summed E-state index contributed by atoms with van der Waals surface area (Å²) in [4.78, 5) is 17.7. The van der Waals surface area contributed by atoms with E-state index < -0.39 is 5.82 Å². The number of ketones is 1. The van der Waals surface area contributed by atoms with Gasteiger partial charge in [-0.05, 0) is 37.3 Å². The Balaban J connectivity index is 2.00. The maximum atomic E-state index is 13.2. The average molecular weight is 290 g/mol. The van der Waals surface area contributed by atoms with Crippen molar-refractivity contribution in [3.05, 3.63) is 59.9 Å². The summed E-state index contributed by atoms with van der Waals surface area (Å²) >= 11 is 0. The number of pyridine rings is 1. The topological polar surface area (TPSA) is 33.2 Å². The third-order valence-electron chi connectivity index (χ3n) is 3.18. The van der Waals surface area contributed by atoms with Crippen molar-refractivity contribution in [2.24, 2.45) is 0 Å². The molecule has 1 aromatic carbocycles. The molecule has 0 fully saturated rings. The number of rotatable bonds is 6. The fourth-order valence-electron chi connectivity index (χ4n) is 2.05. The zero-order valence-corrected chi connectivity index (χ0v) is 11.7. The second-order valence-corrected chi connectivity index (χ2v) is 4.59. The molecule has 0 amide bonds. The van der Waals surface area contributed by atoms with Gasteiger partial charge in [-0.3, -0.25) is 9.78 Å². The van der Waals surface area contributed by atoms with Crippen molar-refractivity contribution < 1.29 is 13.6 Å². The lowest BCUT2D eigenvalue weighted by Gasteiger charge is -2.22. The van der Waals surface area contributed by atoms with E-state index in [1.165, 1.54) is 24.3 Å². The summed E-state index contributed by atoms with van der Waals surface area (Å²) in [6.45, 7) is 3.05. The molecule has 0 bridgehead atoms. The highest BCUT2D eigenvalue weighted by Crippen LogP contribution is 2.16. The van der Waals surface area contributed by atoms with Gasteiger partial charge in [-0.25, -0.2) is 8.78 Å². The first kappa shape index (κ1) is 15.1. The fourth-order valence-corrected chi connectivity index (χ4v) is 2.05. The first-order valence-electron chi connectivity index (χ1n) is 6.75. The van der Waals surface area contributed by atoms with E-state index in [-0.39, 0.29) is 23.7 Å². The Hall–Kier alpha value is -2.30. The van der Waals surface area contributed by atoms with E-state index in [2.05, 4.69) is 4.98 Å². The summed E-state index contributed by atoms with van der Waals surface area (Å²) in [6.07, 6.45) is 1.26. The van der Waals surface area contributed by atoms with Gasteiger partial charge in [-0.1, -0.05) is 6.07 Å². The first-order chi connectivity index (χ1) is 10.1. The van der Waals surface area contributed by atoms with E-state index in [1.54, 1.807) is 12.1 Å². The van der Waals surface area contributed by atoms with Gasteiger partial charge in [-0.15, -0.1) is 0 Å². The Morgan fingerprint density at radius 2 is 2.00 bits per heavy atom. The Bertz CT molecular complexity index is 614. The number of Topliss-reactive ketones (excluding diaryl/α,β-unsaturated/α-hetero) is 1. The minimum absolute atomic E-state index is 0.162. The van der Waals surface area contributed by atoms with Crippen molar-refractivity contribution in [1.82, 2.24) is 4.98 Å². The third-order valence-corrected chi connectivity index (χ3v) is 3.18. The van der Waals surface area contributed by atoms with E-state index in [9.17, 15) is 13.6 Å².